The van der Waals surface area contributed by atoms with Crippen molar-refractivity contribution >= 4 is 27.7 Å². The number of halogens is 1. The van der Waals surface area contributed by atoms with Crippen LogP contribution in [0.15, 0.2) is 0 Å². The van der Waals surface area contributed by atoms with Crippen molar-refractivity contribution in [1.29, 1.82) is 0 Å². The molecule has 0 N–H and O–H groups in total. The van der Waals surface area contributed by atoms with Gasteiger partial charge in [0, 0.05) is 18.2 Å². The second-order valence-corrected chi connectivity index (χ2v) is 5.84. The summed E-state index contributed by atoms with van der Waals surface area (Å²) < 4.78 is 5.08. The number of hydrogen-bond acceptors (Lipinski definition) is 2. The van der Waals surface area contributed by atoms with E-state index >= 15 is 0 Å². The predicted molar refractivity (Wildman–Crippen MR) is 75.2 cm³/mol. The maximum absolute atomic E-state index is 5.08. The van der Waals surface area contributed by atoms with Gasteiger partial charge in [0.1, 0.15) is 0 Å². The predicted octanol–water partition coefficient (Wildman–Crippen LogP) is 4.35. The zero-order valence-electron chi connectivity index (χ0n) is 10.4. The normalized spacial score (nSPS) is 12.0. The van der Waals surface area contributed by atoms with Crippen LogP contribution < -0.4 is 0 Å². The van der Waals surface area contributed by atoms with Gasteiger partial charge in [-0.15, -0.1) is 0 Å². The lowest BCUT2D eigenvalue weighted by Crippen LogP contribution is -2.26. The molecule has 0 aromatic rings. The van der Waals surface area contributed by atoms with Crippen LogP contribution >= 0.6 is 27.7 Å². The topological polar surface area (TPSA) is 9.23 Å². The fourth-order valence-corrected chi connectivity index (χ4v) is 4.21. The quantitative estimate of drug-likeness (QED) is 0.438. The van der Waals surface area contributed by atoms with Crippen molar-refractivity contribution < 1.29 is 4.74 Å². The fraction of sp³-hybridized carbons (Fsp3) is 1.00. The molecular formula is C12H25BrOS. The third kappa shape index (κ3) is 6.85. The summed E-state index contributed by atoms with van der Waals surface area (Å²) in [5.74, 6) is 2.39. The fourth-order valence-electron chi connectivity index (χ4n) is 1.93. The minimum Gasteiger partial charge on any atom is -0.384 e. The molecule has 0 saturated carbocycles. The molecule has 0 unspecified atom stereocenters. The van der Waals surface area contributed by atoms with E-state index in [4.69, 9.17) is 4.74 Å². The van der Waals surface area contributed by atoms with Crippen LogP contribution in [0.1, 0.15) is 39.5 Å². The second-order valence-electron chi connectivity index (χ2n) is 4.18. The van der Waals surface area contributed by atoms with Crippen LogP contribution in [-0.2, 0) is 4.74 Å². The Hall–Kier alpha value is 0.790. The number of hydrogen-bond donors (Lipinski definition) is 0. The number of alkyl halides is 1. The lowest BCUT2D eigenvalue weighted by Gasteiger charge is -2.31. The van der Waals surface area contributed by atoms with Crippen LogP contribution in [0.3, 0.4) is 0 Å². The molecule has 0 aliphatic carbocycles. The minimum atomic E-state index is 0.516. The third-order valence-electron chi connectivity index (χ3n) is 2.68. The Morgan fingerprint density at radius 2 is 1.80 bits per heavy atom. The Morgan fingerprint density at radius 1 is 1.20 bits per heavy atom. The maximum Gasteiger partial charge on any atom is 0.0552 e. The summed E-state index contributed by atoms with van der Waals surface area (Å²) in [6, 6.07) is 0. The molecule has 0 rings (SSSR count). The van der Waals surface area contributed by atoms with Crippen molar-refractivity contribution in [3.05, 3.63) is 0 Å². The average Bonchev–Trinajstić information content (AvgIpc) is 2.25. The van der Waals surface area contributed by atoms with Crippen LogP contribution in [0.25, 0.3) is 0 Å². The van der Waals surface area contributed by atoms with Crippen LogP contribution in [0.2, 0.25) is 0 Å². The Kier molecular flexibility index (Phi) is 10.5. The van der Waals surface area contributed by atoms with Gasteiger partial charge < -0.3 is 4.74 Å². The summed E-state index contributed by atoms with van der Waals surface area (Å²) in [6.07, 6.45) is 5.25. The highest BCUT2D eigenvalue weighted by Crippen LogP contribution is 2.35. The van der Waals surface area contributed by atoms with Gasteiger partial charge >= 0.3 is 0 Å². The SMILES string of the molecule is CCCC(CBr)(CCC)CSCCOC. The molecule has 0 aromatic carbocycles. The summed E-state index contributed by atoms with van der Waals surface area (Å²) in [6.45, 7) is 5.45. The van der Waals surface area contributed by atoms with Gasteiger partial charge in [-0.3, -0.25) is 0 Å². The summed E-state index contributed by atoms with van der Waals surface area (Å²) in [4.78, 5) is 0. The van der Waals surface area contributed by atoms with Crippen molar-refractivity contribution in [2.24, 2.45) is 5.41 Å². The van der Waals surface area contributed by atoms with Crippen LogP contribution in [0.5, 0.6) is 0 Å². The first kappa shape index (κ1) is 15.8. The Morgan fingerprint density at radius 3 is 2.20 bits per heavy atom. The Labute approximate surface area is 108 Å². The molecule has 3 heteroatoms. The van der Waals surface area contributed by atoms with E-state index < -0.39 is 0 Å². The molecule has 0 aliphatic heterocycles. The smallest absolute Gasteiger partial charge is 0.0552 e. The van der Waals surface area contributed by atoms with Gasteiger partial charge in [-0.2, -0.15) is 11.8 Å². The van der Waals surface area contributed by atoms with Gasteiger partial charge in [-0.25, -0.2) is 0 Å². The number of ether oxygens (including phenoxy) is 1. The number of thioether (sulfide) groups is 1. The molecule has 0 fully saturated rings. The lowest BCUT2D eigenvalue weighted by molar-refractivity contribution is 0.218. The molecule has 15 heavy (non-hydrogen) atoms. The molecule has 0 bridgehead atoms. The summed E-state index contributed by atoms with van der Waals surface area (Å²) >= 11 is 5.73. The molecule has 0 radical (unpaired) electrons. The van der Waals surface area contributed by atoms with Crippen LogP contribution in [0, 0.1) is 5.41 Å². The van der Waals surface area contributed by atoms with Crippen molar-refractivity contribution in [2.45, 2.75) is 39.5 Å². The summed E-state index contributed by atoms with van der Waals surface area (Å²) in [7, 11) is 1.77. The monoisotopic (exact) mass is 296 g/mol. The third-order valence-corrected chi connectivity index (χ3v) is 5.15. The van der Waals surface area contributed by atoms with E-state index in [-0.39, 0.29) is 0 Å². The van der Waals surface area contributed by atoms with Gasteiger partial charge in [0.15, 0.2) is 0 Å². The van der Waals surface area contributed by atoms with Crippen molar-refractivity contribution in [3.8, 4) is 0 Å². The highest BCUT2D eigenvalue weighted by molar-refractivity contribution is 9.09. The Balaban J connectivity index is 3.96. The van der Waals surface area contributed by atoms with E-state index in [0.717, 1.165) is 17.7 Å². The van der Waals surface area contributed by atoms with E-state index in [1.165, 1.54) is 31.4 Å². The molecule has 0 aliphatic rings. The van der Waals surface area contributed by atoms with E-state index in [0.29, 0.717) is 5.41 Å². The van der Waals surface area contributed by atoms with Gasteiger partial charge in [-0.1, -0.05) is 42.6 Å². The van der Waals surface area contributed by atoms with Crippen LogP contribution in [0.4, 0.5) is 0 Å². The molecule has 92 valence electrons. The van der Waals surface area contributed by atoms with E-state index in [1.54, 1.807) is 7.11 Å². The molecule has 0 spiro atoms. The van der Waals surface area contributed by atoms with Crippen molar-refractivity contribution in [1.82, 2.24) is 0 Å². The molecule has 0 atom stereocenters. The molecule has 0 heterocycles. The van der Waals surface area contributed by atoms with E-state index in [1.807, 2.05) is 11.8 Å². The lowest BCUT2D eigenvalue weighted by atomic mass is 9.83. The first-order valence-electron chi connectivity index (χ1n) is 5.87. The second kappa shape index (κ2) is 9.98. The molecular weight excluding hydrogens is 272 g/mol. The Bertz CT molecular complexity index is 136. The largest absolute Gasteiger partial charge is 0.384 e. The van der Waals surface area contributed by atoms with Crippen molar-refractivity contribution in [3.63, 3.8) is 0 Å². The standard InChI is InChI=1S/C12H25BrOS/c1-4-6-12(10-13,7-5-2)11-15-9-8-14-3/h4-11H2,1-3H3. The summed E-state index contributed by atoms with van der Waals surface area (Å²) in [5, 5.41) is 1.14. The van der Waals surface area contributed by atoms with E-state index in [9.17, 15) is 0 Å². The highest BCUT2D eigenvalue weighted by Gasteiger charge is 2.26. The number of methoxy groups -OCH3 is 1. The van der Waals surface area contributed by atoms with Crippen molar-refractivity contribution in [2.75, 3.05) is 30.6 Å². The zero-order chi connectivity index (χ0) is 11.6. The molecule has 0 aromatic heterocycles. The number of rotatable bonds is 10. The van der Waals surface area contributed by atoms with Gasteiger partial charge in [0.05, 0.1) is 6.61 Å². The molecule has 0 amide bonds. The van der Waals surface area contributed by atoms with Crippen LogP contribution in [-0.4, -0.2) is 30.6 Å². The van der Waals surface area contributed by atoms with Gasteiger partial charge in [-0.05, 0) is 24.0 Å². The first-order chi connectivity index (χ1) is 7.24. The minimum absolute atomic E-state index is 0.516. The maximum atomic E-state index is 5.08. The van der Waals surface area contributed by atoms with E-state index in [2.05, 4.69) is 29.8 Å². The van der Waals surface area contributed by atoms with Gasteiger partial charge in [0.25, 0.3) is 0 Å². The zero-order valence-corrected chi connectivity index (χ0v) is 12.8. The first-order valence-corrected chi connectivity index (χ1v) is 8.15. The molecule has 0 saturated heterocycles. The highest BCUT2D eigenvalue weighted by atomic mass is 79.9. The average molecular weight is 297 g/mol. The van der Waals surface area contributed by atoms with Gasteiger partial charge in [0.2, 0.25) is 0 Å². The molecule has 1 nitrogen and oxygen atoms in total. The summed E-state index contributed by atoms with van der Waals surface area (Å²) in [5.41, 5.74) is 0.516.